The normalized spacial score (nSPS) is 15.2. The van der Waals surface area contributed by atoms with E-state index in [1.807, 2.05) is 18.2 Å². The second kappa shape index (κ2) is 8.07. The number of amides is 1. The molecule has 1 N–H and O–H groups in total. The molecule has 132 valence electrons. The number of piperazine rings is 1. The molecular formula is C19H21F2N3O. The van der Waals surface area contributed by atoms with E-state index < -0.39 is 11.6 Å². The third-order valence-electron chi connectivity index (χ3n) is 4.35. The lowest BCUT2D eigenvalue weighted by Crippen LogP contribution is -2.47. The molecule has 0 aromatic heterocycles. The second-order valence-electron chi connectivity index (χ2n) is 6.09. The van der Waals surface area contributed by atoms with Crippen molar-refractivity contribution in [1.82, 2.24) is 4.90 Å². The van der Waals surface area contributed by atoms with Gasteiger partial charge in [0.1, 0.15) is 0 Å². The van der Waals surface area contributed by atoms with E-state index in [0.29, 0.717) is 13.0 Å². The molecule has 1 aliphatic heterocycles. The van der Waals surface area contributed by atoms with Crippen LogP contribution in [0.5, 0.6) is 0 Å². The van der Waals surface area contributed by atoms with Gasteiger partial charge in [0.15, 0.2) is 11.6 Å². The monoisotopic (exact) mass is 345 g/mol. The van der Waals surface area contributed by atoms with Gasteiger partial charge in [-0.15, -0.1) is 0 Å². The number of benzene rings is 2. The van der Waals surface area contributed by atoms with Crippen LogP contribution in [0, 0.1) is 11.6 Å². The van der Waals surface area contributed by atoms with E-state index in [-0.39, 0.29) is 11.6 Å². The largest absolute Gasteiger partial charge is 0.369 e. The third kappa shape index (κ3) is 4.76. The Hall–Kier alpha value is -2.47. The second-order valence-corrected chi connectivity index (χ2v) is 6.09. The van der Waals surface area contributed by atoms with E-state index in [1.54, 1.807) is 0 Å². The molecule has 6 heteroatoms. The molecule has 0 aliphatic carbocycles. The summed E-state index contributed by atoms with van der Waals surface area (Å²) in [6.45, 7) is 4.29. The molecule has 0 saturated carbocycles. The summed E-state index contributed by atoms with van der Waals surface area (Å²) in [5, 5.41) is 2.60. The van der Waals surface area contributed by atoms with Crippen molar-refractivity contribution in [2.75, 3.05) is 42.9 Å². The molecule has 0 unspecified atom stereocenters. The average Bonchev–Trinajstić information content (AvgIpc) is 2.64. The van der Waals surface area contributed by atoms with Crippen LogP contribution in [0.2, 0.25) is 0 Å². The fourth-order valence-corrected chi connectivity index (χ4v) is 2.93. The highest BCUT2D eigenvalue weighted by Gasteiger charge is 2.17. The Morgan fingerprint density at radius 2 is 1.68 bits per heavy atom. The zero-order valence-electron chi connectivity index (χ0n) is 13.9. The molecule has 25 heavy (non-hydrogen) atoms. The lowest BCUT2D eigenvalue weighted by Gasteiger charge is -2.36. The summed E-state index contributed by atoms with van der Waals surface area (Å²) in [6.07, 6.45) is 0.324. The zero-order chi connectivity index (χ0) is 17.6. The van der Waals surface area contributed by atoms with Gasteiger partial charge in [-0.3, -0.25) is 9.69 Å². The predicted octanol–water partition coefficient (Wildman–Crippen LogP) is 3.12. The van der Waals surface area contributed by atoms with Gasteiger partial charge >= 0.3 is 0 Å². The van der Waals surface area contributed by atoms with E-state index in [2.05, 4.69) is 27.2 Å². The number of hydrogen-bond acceptors (Lipinski definition) is 3. The number of nitrogens with one attached hydrogen (secondary N) is 1. The van der Waals surface area contributed by atoms with Crippen LogP contribution in [-0.2, 0) is 4.79 Å². The maximum Gasteiger partial charge on any atom is 0.225 e. The standard InChI is InChI=1S/C19H21F2N3O/c20-17-7-6-15(14-18(17)21)22-19(25)8-9-23-10-12-24(13-11-23)16-4-2-1-3-5-16/h1-7,14H,8-13H2,(H,22,25). The fraction of sp³-hybridized carbons (Fsp3) is 0.316. The summed E-state index contributed by atoms with van der Waals surface area (Å²) in [5.41, 5.74) is 1.50. The lowest BCUT2D eigenvalue weighted by molar-refractivity contribution is -0.116. The summed E-state index contributed by atoms with van der Waals surface area (Å²) in [5.74, 6) is -2.08. The van der Waals surface area contributed by atoms with Crippen molar-refractivity contribution in [3.63, 3.8) is 0 Å². The van der Waals surface area contributed by atoms with Gasteiger partial charge < -0.3 is 10.2 Å². The van der Waals surface area contributed by atoms with Crippen molar-refractivity contribution in [1.29, 1.82) is 0 Å². The number of carbonyl (C=O) groups excluding carboxylic acids is 1. The van der Waals surface area contributed by atoms with Crippen molar-refractivity contribution in [2.24, 2.45) is 0 Å². The number of nitrogens with zero attached hydrogens (tertiary/aromatic N) is 2. The fourth-order valence-electron chi connectivity index (χ4n) is 2.93. The zero-order valence-corrected chi connectivity index (χ0v) is 13.9. The van der Waals surface area contributed by atoms with Crippen molar-refractivity contribution >= 4 is 17.3 Å². The Morgan fingerprint density at radius 1 is 0.960 bits per heavy atom. The first-order valence-corrected chi connectivity index (χ1v) is 8.39. The van der Waals surface area contributed by atoms with E-state index in [4.69, 9.17) is 0 Å². The highest BCUT2D eigenvalue weighted by Crippen LogP contribution is 2.16. The molecule has 1 aliphatic rings. The molecule has 1 amide bonds. The summed E-state index contributed by atoms with van der Waals surface area (Å²) in [4.78, 5) is 16.5. The van der Waals surface area contributed by atoms with E-state index in [0.717, 1.165) is 38.3 Å². The Labute approximate surface area is 146 Å². The van der Waals surface area contributed by atoms with Gasteiger partial charge in [0.05, 0.1) is 0 Å². The molecule has 2 aromatic rings. The molecule has 3 rings (SSSR count). The Balaban J connectivity index is 1.42. The first-order chi connectivity index (χ1) is 12.1. The van der Waals surface area contributed by atoms with Gasteiger partial charge in [-0.25, -0.2) is 8.78 Å². The summed E-state index contributed by atoms with van der Waals surface area (Å²) in [7, 11) is 0. The highest BCUT2D eigenvalue weighted by atomic mass is 19.2. The molecular weight excluding hydrogens is 324 g/mol. The van der Waals surface area contributed by atoms with Gasteiger partial charge in [-0.1, -0.05) is 18.2 Å². The summed E-state index contributed by atoms with van der Waals surface area (Å²) in [6, 6.07) is 13.6. The Morgan fingerprint density at radius 3 is 2.36 bits per heavy atom. The van der Waals surface area contributed by atoms with Crippen molar-refractivity contribution in [2.45, 2.75) is 6.42 Å². The van der Waals surface area contributed by atoms with Crippen LogP contribution in [0.4, 0.5) is 20.2 Å². The van der Waals surface area contributed by atoms with Gasteiger partial charge in [-0.05, 0) is 24.3 Å². The van der Waals surface area contributed by atoms with Gasteiger partial charge in [0, 0.05) is 56.6 Å². The van der Waals surface area contributed by atoms with Crippen molar-refractivity contribution in [3.8, 4) is 0 Å². The van der Waals surface area contributed by atoms with E-state index >= 15 is 0 Å². The van der Waals surface area contributed by atoms with Crippen molar-refractivity contribution in [3.05, 3.63) is 60.2 Å². The first kappa shape index (κ1) is 17.4. The number of para-hydroxylation sites is 1. The summed E-state index contributed by atoms with van der Waals surface area (Å²) >= 11 is 0. The van der Waals surface area contributed by atoms with Crippen LogP contribution in [-0.4, -0.2) is 43.5 Å². The highest BCUT2D eigenvalue weighted by molar-refractivity contribution is 5.90. The molecule has 4 nitrogen and oxygen atoms in total. The van der Waals surface area contributed by atoms with Crippen LogP contribution in [0.25, 0.3) is 0 Å². The smallest absolute Gasteiger partial charge is 0.225 e. The lowest BCUT2D eigenvalue weighted by atomic mass is 10.2. The van der Waals surface area contributed by atoms with Crippen LogP contribution < -0.4 is 10.2 Å². The topological polar surface area (TPSA) is 35.6 Å². The Bertz CT molecular complexity index is 716. The molecule has 0 radical (unpaired) electrons. The Kier molecular flexibility index (Phi) is 5.60. The molecule has 0 atom stereocenters. The molecule has 1 saturated heterocycles. The van der Waals surface area contributed by atoms with E-state index in [1.165, 1.54) is 11.8 Å². The number of hydrogen-bond donors (Lipinski definition) is 1. The van der Waals surface area contributed by atoms with Crippen molar-refractivity contribution < 1.29 is 13.6 Å². The van der Waals surface area contributed by atoms with Crippen LogP contribution in [0.1, 0.15) is 6.42 Å². The van der Waals surface area contributed by atoms with Crippen LogP contribution >= 0.6 is 0 Å². The molecule has 1 heterocycles. The number of carbonyl (C=O) groups is 1. The maximum atomic E-state index is 13.1. The number of halogens is 2. The predicted molar refractivity (Wildman–Crippen MR) is 94.7 cm³/mol. The molecule has 0 bridgehead atoms. The van der Waals surface area contributed by atoms with Crippen LogP contribution in [0.3, 0.4) is 0 Å². The molecule has 1 fully saturated rings. The molecule has 0 spiro atoms. The van der Waals surface area contributed by atoms with Gasteiger partial charge in [0.25, 0.3) is 0 Å². The minimum Gasteiger partial charge on any atom is -0.369 e. The van der Waals surface area contributed by atoms with E-state index in [9.17, 15) is 13.6 Å². The quantitative estimate of drug-likeness (QED) is 0.904. The van der Waals surface area contributed by atoms with Gasteiger partial charge in [0.2, 0.25) is 5.91 Å². The minimum atomic E-state index is -0.963. The first-order valence-electron chi connectivity index (χ1n) is 8.39. The third-order valence-corrected chi connectivity index (χ3v) is 4.35. The number of rotatable bonds is 5. The summed E-state index contributed by atoms with van der Waals surface area (Å²) < 4.78 is 26.0. The maximum absolute atomic E-state index is 13.1. The molecule has 2 aromatic carbocycles. The minimum absolute atomic E-state index is 0.198. The number of anilines is 2. The average molecular weight is 345 g/mol. The van der Waals surface area contributed by atoms with Gasteiger partial charge in [-0.2, -0.15) is 0 Å². The SMILES string of the molecule is O=C(CCN1CCN(c2ccccc2)CC1)Nc1ccc(F)c(F)c1. The van der Waals surface area contributed by atoms with Crippen LogP contribution in [0.15, 0.2) is 48.5 Å².